The highest BCUT2D eigenvalue weighted by molar-refractivity contribution is 6.99. The van der Waals surface area contributed by atoms with Gasteiger partial charge in [-0.2, -0.15) is 8.75 Å². The van der Waals surface area contributed by atoms with Gasteiger partial charge >= 0.3 is 6.09 Å². The molecular formula is C10H8N4O4S. The van der Waals surface area contributed by atoms with E-state index in [1.807, 2.05) is 0 Å². The number of hydrogen-bond donors (Lipinski definition) is 1. The Balaban J connectivity index is 2.29. The van der Waals surface area contributed by atoms with Crippen LogP contribution in [-0.4, -0.2) is 26.9 Å². The molecule has 1 N–H and O–H groups in total. The quantitative estimate of drug-likeness (QED) is 0.682. The van der Waals surface area contributed by atoms with Crippen molar-refractivity contribution in [1.82, 2.24) is 8.75 Å². The van der Waals surface area contributed by atoms with Gasteiger partial charge in [0.25, 0.3) is 5.69 Å². The van der Waals surface area contributed by atoms with Gasteiger partial charge in [0, 0.05) is 17.7 Å². The third-order valence-electron chi connectivity index (χ3n) is 2.25. The second-order valence-electron chi connectivity index (χ2n) is 3.38. The van der Waals surface area contributed by atoms with E-state index in [-0.39, 0.29) is 11.5 Å². The molecule has 1 amide bonds. The number of nitro benzene ring substituents is 1. The van der Waals surface area contributed by atoms with Gasteiger partial charge in [-0.3, -0.25) is 15.4 Å². The van der Waals surface area contributed by atoms with Crippen LogP contribution in [0.1, 0.15) is 0 Å². The number of non-ortho nitro benzene ring substituents is 1. The van der Waals surface area contributed by atoms with E-state index in [1.165, 1.54) is 31.4 Å². The Hall–Kier alpha value is -2.55. The normalized spacial score (nSPS) is 9.95. The van der Waals surface area contributed by atoms with Crippen molar-refractivity contribution in [3.63, 3.8) is 0 Å². The maximum absolute atomic E-state index is 11.1. The summed E-state index contributed by atoms with van der Waals surface area (Å²) in [6, 6.07) is 5.79. The second kappa shape index (κ2) is 5.40. The molecule has 0 saturated carbocycles. The molecule has 0 fully saturated rings. The number of amides is 1. The molecule has 1 heterocycles. The molecule has 98 valence electrons. The van der Waals surface area contributed by atoms with Crippen molar-refractivity contribution in [2.45, 2.75) is 0 Å². The number of nitrogens with one attached hydrogen (secondary N) is 1. The number of nitro groups is 1. The topological polar surface area (TPSA) is 107 Å². The summed E-state index contributed by atoms with van der Waals surface area (Å²) in [6.45, 7) is 0. The second-order valence-corrected chi connectivity index (χ2v) is 3.91. The van der Waals surface area contributed by atoms with E-state index < -0.39 is 11.0 Å². The number of benzene rings is 1. The maximum Gasteiger partial charge on any atom is 0.412 e. The average Bonchev–Trinajstić information content (AvgIpc) is 2.86. The van der Waals surface area contributed by atoms with E-state index in [0.29, 0.717) is 11.3 Å². The molecule has 2 aromatic rings. The van der Waals surface area contributed by atoms with Crippen LogP contribution in [0.3, 0.4) is 0 Å². The largest absolute Gasteiger partial charge is 0.453 e. The lowest BCUT2D eigenvalue weighted by Gasteiger charge is -2.02. The number of aromatic nitrogens is 2. The maximum atomic E-state index is 11.1. The molecule has 0 unspecified atom stereocenters. The van der Waals surface area contributed by atoms with Crippen molar-refractivity contribution in [3.8, 4) is 11.3 Å². The van der Waals surface area contributed by atoms with E-state index in [1.54, 1.807) is 0 Å². The smallest absolute Gasteiger partial charge is 0.412 e. The summed E-state index contributed by atoms with van der Waals surface area (Å²) in [5.74, 6) is 0.255. The first-order chi connectivity index (χ1) is 9.11. The van der Waals surface area contributed by atoms with Crippen LogP contribution in [0.15, 0.2) is 24.3 Å². The summed E-state index contributed by atoms with van der Waals surface area (Å²) < 4.78 is 12.4. The van der Waals surface area contributed by atoms with E-state index in [0.717, 1.165) is 11.7 Å². The Morgan fingerprint density at radius 1 is 1.37 bits per heavy atom. The van der Waals surface area contributed by atoms with E-state index >= 15 is 0 Å². The van der Waals surface area contributed by atoms with Crippen LogP contribution in [0.25, 0.3) is 11.3 Å². The van der Waals surface area contributed by atoms with Gasteiger partial charge in [0.2, 0.25) is 0 Å². The predicted molar refractivity (Wildman–Crippen MR) is 68.0 cm³/mol. The first-order valence-electron chi connectivity index (χ1n) is 5.04. The molecule has 8 nitrogen and oxygen atoms in total. The van der Waals surface area contributed by atoms with E-state index in [2.05, 4.69) is 18.8 Å². The molecule has 19 heavy (non-hydrogen) atoms. The Morgan fingerprint density at radius 2 is 2.05 bits per heavy atom. The molecule has 0 aliphatic rings. The van der Waals surface area contributed by atoms with Crippen LogP contribution in [0.5, 0.6) is 0 Å². The van der Waals surface area contributed by atoms with Crippen LogP contribution in [0, 0.1) is 10.1 Å². The summed E-state index contributed by atoms with van der Waals surface area (Å²) in [5, 5.41) is 13.0. The molecule has 0 atom stereocenters. The van der Waals surface area contributed by atoms with E-state index in [9.17, 15) is 14.9 Å². The monoisotopic (exact) mass is 280 g/mol. The number of carbonyl (C=O) groups is 1. The Bertz CT molecular complexity index is 610. The lowest BCUT2D eigenvalue weighted by Crippen LogP contribution is -2.11. The molecule has 1 aromatic heterocycles. The lowest BCUT2D eigenvalue weighted by molar-refractivity contribution is -0.384. The Labute approximate surface area is 111 Å². The summed E-state index contributed by atoms with van der Waals surface area (Å²) in [4.78, 5) is 21.2. The summed E-state index contributed by atoms with van der Waals surface area (Å²) >= 11 is 0.920. The van der Waals surface area contributed by atoms with Crippen LogP contribution >= 0.6 is 11.7 Å². The third kappa shape index (κ3) is 2.83. The van der Waals surface area contributed by atoms with Crippen molar-refractivity contribution >= 4 is 29.3 Å². The SMILES string of the molecule is COC(=O)Nc1nsnc1-c1ccc([N+](=O)[O-])cc1. The minimum atomic E-state index is -0.657. The van der Waals surface area contributed by atoms with Crippen molar-refractivity contribution in [2.24, 2.45) is 0 Å². The molecule has 0 aliphatic carbocycles. The number of rotatable bonds is 3. The first-order valence-corrected chi connectivity index (χ1v) is 5.77. The zero-order chi connectivity index (χ0) is 13.8. The molecule has 0 bridgehead atoms. The molecular weight excluding hydrogens is 272 g/mol. The number of ether oxygens (including phenoxy) is 1. The number of methoxy groups -OCH3 is 1. The van der Waals surface area contributed by atoms with Gasteiger partial charge in [-0.15, -0.1) is 0 Å². The van der Waals surface area contributed by atoms with Crippen LogP contribution in [-0.2, 0) is 4.74 Å². The summed E-state index contributed by atoms with van der Waals surface area (Å²) in [7, 11) is 1.24. The van der Waals surface area contributed by atoms with Crippen LogP contribution in [0.2, 0.25) is 0 Å². The van der Waals surface area contributed by atoms with Gasteiger partial charge in [-0.25, -0.2) is 4.79 Å². The van der Waals surface area contributed by atoms with Crippen LogP contribution in [0.4, 0.5) is 16.3 Å². The zero-order valence-corrected chi connectivity index (χ0v) is 10.5. The summed E-state index contributed by atoms with van der Waals surface area (Å²) in [6.07, 6.45) is -0.657. The Kier molecular flexibility index (Phi) is 3.66. The molecule has 2 rings (SSSR count). The molecule has 9 heteroatoms. The van der Waals surface area contributed by atoms with Crippen molar-refractivity contribution < 1.29 is 14.5 Å². The van der Waals surface area contributed by atoms with E-state index in [4.69, 9.17) is 0 Å². The van der Waals surface area contributed by atoms with Gasteiger partial charge in [0.15, 0.2) is 5.82 Å². The minimum Gasteiger partial charge on any atom is -0.453 e. The average molecular weight is 280 g/mol. The zero-order valence-electron chi connectivity index (χ0n) is 9.69. The summed E-state index contributed by atoms with van der Waals surface area (Å²) in [5.41, 5.74) is 1.03. The minimum absolute atomic E-state index is 0.0191. The van der Waals surface area contributed by atoms with Gasteiger partial charge in [-0.05, 0) is 12.1 Å². The number of anilines is 1. The first kappa shape index (κ1) is 12.9. The molecule has 1 aromatic carbocycles. The highest BCUT2D eigenvalue weighted by Crippen LogP contribution is 2.27. The third-order valence-corrected chi connectivity index (χ3v) is 2.77. The Morgan fingerprint density at radius 3 is 2.63 bits per heavy atom. The molecule has 0 saturated heterocycles. The van der Waals surface area contributed by atoms with Gasteiger partial charge in [-0.1, -0.05) is 0 Å². The van der Waals surface area contributed by atoms with Crippen molar-refractivity contribution in [3.05, 3.63) is 34.4 Å². The van der Waals surface area contributed by atoms with Crippen molar-refractivity contribution in [1.29, 1.82) is 0 Å². The number of hydrogen-bond acceptors (Lipinski definition) is 7. The highest BCUT2D eigenvalue weighted by atomic mass is 32.1. The number of carbonyl (C=O) groups excluding carboxylic acids is 1. The van der Waals surface area contributed by atoms with Crippen molar-refractivity contribution in [2.75, 3.05) is 12.4 Å². The molecule has 0 radical (unpaired) electrons. The van der Waals surface area contributed by atoms with Gasteiger partial charge < -0.3 is 4.74 Å². The standard InChI is InChI=1S/C10H8N4O4S/c1-18-10(15)11-9-8(12-19-13-9)6-2-4-7(5-3-6)14(16)17/h2-5H,1H3,(H,11,13,15). The molecule has 0 spiro atoms. The van der Waals surface area contributed by atoms with Gasteiger partial charge in [0.1, 0.15) is 5.69 Å². The lowest BCUT2D eigenvalue weighted by atomic mass is 10.1. The fourth-order valence-electron chi connectivity index (χ4n) is 1.35. The predicted octanol–water partition coefficient (Wildman–Crippen LogP) is 2.29. The number of nitrogens with zero attached hydrogens (tertiary/aromatic N) is 3. The fraction of sp³-hybridized carbons (Fsp3) is 0.100. The van der Waals surface area contributed by atoms with Crippen LogP contribution < -0.4 is 5.32 Å². The highest BCUT2D eigenvalue weighted by Gasteiger charge is 2.14. The molecule has 0 aliphatic heterocycles. The van der Waals surface area contributed by atoms with Gasteiger partial charge in [0.05, 0.1) is 23.8 Å². The fourth-order valence-corrected chi connectivity index (χ4v) is 1.88.